The molecule has 0 saturated carbocycles. The van der Waals surface area contributed by atoms with Gasteiger partial charge in [-0.1, -0.05) is 19.1 Å². The summed E-state index contributed by atoms with van der Waals surface area (Å²) in [5.41, 5.74) is -0.840. The summed E-state index contributed by atoms with van der Waals surface area (Å²) >= 11 is 0. The number of allylic oxidation sites excluding steroid dienone is 3. The minimum absolute atomic E-state index is 0.0150. The largest absolute Gasteiger partial charge is 0.462 e. The molecule has 2 aliphatic rings. The second-order valence-electron chi connectivity index (χ2n) is 6.85. The highest BCUT2D eigenvalue weighted by molar-refractivity contribution is 5.96. The Balaban J connectivity index is 1.94. The van der Waals surface area contributed by atoms with Crippen molar-refractivity contribution in [2.45, 2.75) is 76.9 Å². The van der Waals surface area contributed by atoms with Crippen molar-refractivity contribution in [2.24, 2.45) is 5.92 Å². The summed E-state index contributed by atoms with van der Waals surface area (Å²) in [5.74, 6) is -0.808. The van der Waals surface area contributed by atoms with Crippen LogP contribution in [0.4, 0.5) is 0 Å². The summed E-state index contributed by atoms with van der Waals surface area (Å²) in [6, 6.07) is 0. The number of cyclic esters (lactones) is 1. The predicted octanol–water partition coefficient (Wildman–Crippen LogP) is 3.67. The average Bonchev–Trinajstić information content (AvgIpc) is 3.10. The van der Waals surface area contributed by atoms with Crippen LogP contribution < -0.4 is 0 Å². The van der Waals surface area contributed by atoms with Gasteiger partial charge in [0.25, 0.3) is 0 Å². The van der Waals surface area contributed by atoms with Crippen LogP contribution in [0.5, 0.6) is 0 Å². The van der Waals surface area contributed by atoms with Crippen LogP contribution >= 0.6 is 0 Å². The predicted molar refractivity (Wildman–Crippen MR) is 93.8 cm³/mol. The zero-order chi connectivity index (χ0) is 18.3. The van der Waals surface area contributed by atoms with E-state index in [1.807, 2.05) is 19.1 Å². The van der Waals surface area contributed by atoms with E-state index in [-0.39, 0.29) is 29.7 Å². The molecule has 2 rings (SSSR count). The SMILES string of the molecule is CCC=CCC1C(=O)C=CC1(CCCCC1CCC(=O)O1)OC(C)=O. The Kier molecular flexibility index (Phi) is 6.97. The van der Waals surface area contributed by atoms with Crippen LogP contribution in [0.15, 0.2) is 24.3 Å². The lowest BCUT2D eigenvalue weighted by atomic mass is 9.82. The number of ketones is 1. The minimum atomic E-state index is -0.840. The van der Waals surface area contributed by atoms with Gasteiger partial charge in [0.15, 0.2) is 5.78 Å². The van der Waals surface area contributed by atoms with Crippen LogP contribution in [-0.2, 0) is 23.9 Å². The van der Waals surface area contributed by atoms with E-state index in [0.717, 1.165) is 32.1 Å². The van der Waals surface area contributed by atoms with Crippen molar-refractivity contribution >= 4 is 17.7 Å². The Morgan fingerprint density at radius 2 is 2.16 bits per heavy atom. The Hall–Kier alpha value is -1.91. The summed E-state index contributed by atoms with van der Waals surface area (Å²) in [5, 5.41) is 0. The smallest absolute Gasteiger partial charge is 0.306 e. The number of hydrogen-bond donors (Lipinski definition) is 0. The van der Waals surface area contributed by atoms with Crippen molar-refractivity contribution in [2.75, 3.05) is 0 Å². The van der Waals surface area contributed by atoms with Crippen LogP contribution in [0.3, 0.4) is 0 Å². The molecule has 3 unspecified atom stereocenters. The summed E-state index contributed by atoms with van der Waals surface area (Å²) in [6.07, 6.45) is 13.2. The van der Waals surface area contributed by atoms with Gasteiger partial charge in [0, 0.05) is 13.3 Å². The summed E-state index contributed by atoms with van der Waals surface area (Å²) in [4.78, 5) is 35.0. The fourth-order valence-corrected chi connectivity index (χ4v) is 3.65. The minimum Gasteiger partial charge on any atom is -0.462 e. The van der Waals surface area contributed by atoms with Crippen molar-refractivity contribution in [1.29, 1.82) is 0 Å². The van der Waals surface area contributed by atoms with E-state index in [1.165, 1.54) is 6.92 Å². The third kappa shape index (κ3) is 5.28. The van der Waals surface area contributed by atoms with Gasteiger partial charge in [-0.2, -0.15) is 0 Å². The van der Waals surface area contributed by atoms with Gasteiger partial charge in [-0.15, -0.1) is 0 Å². The maximum Gasteiger partial charge on any atom is 0.306 e. The number of unbranched alkanes of at least 4 members (excludes halogenated alkanes) is 1. The molecule has 1 aliphatic heterocycles. The first-order chi connectivity index (χ1) is 12.0. The van der Waals surface area contributed by atoms with Gasteiger partial charge in [-0.05, 0) is 57.1 Å². The maximum absolute atomic E-state index is 12.3. The molecular weight excluding hydrogens is 320 g/mol. The molecule has 1 saturated heterocycles. The highest BCUT2D eigenvalue weighted by Crippen LogP contribution is 2.38. The van der Waals surface area contributed by atoms with Crippen LogP contribution in [0.2, 0.25) is 0 Å². The maximum atomic E-state index is 12.3. The number of esters is 2. The number of hydrogen-bond acceptors (Lipinski definition) is 5. The third-order valence-electron chi connectivity index (χ3n) is 4.88. The standard InChI is InChI=1S/C20H28O5/c1-3-4-5-9-17-18(22)12-14-20(17,25-15(2)21)13-7-6-8-16-10-11-19(23)24-16/h4-5,12,14,16-17H,3,6-11,13H2,1-2H3. The molecule has 0 amide bonds. The number of ether oxygens (including phenoxy) is 2. The Labute approximate surface area is 149 Å². The molecule has 3 atom stereocenters. The molecule has 0 aromatic rings. The van der Waals surface area contributed by atoms with E-state index in [9.17, 15) is 14.4 Å². The molecule has 0 radical (unpaired) electrons. The lowest BCUT2D eigenvalue weighted by Gasteiger charge is -2.33. The van der Waals surface area contributed by atoms with Gasteiger partial charge in [0.05, 0.1) is 5.92 Å². The van der Waals surface area contributed by atoms with Crippen LogP contribution in [-0.4, -0.2) is 29.4 Å². The van der Waals surface area contributed by atoms with E-state index < -0.39 is 5.60 Å². The van der Waals surface area contributed by atoms with Crippen molar-refractivity contribution in [1.82, 2.24) is 0 Å². The molecular formula is C20H28O5. The second-order valence-corrected chi connectivity index (χ2v) is 6.85. The van der Waals surface area contributed by atoms with Gasteiger partial charge in [0.2, 0.25) is 0 Å². The molecule has 25 heavy (non-hydrogen) atoms. The second kappa shape index (κ2) is 8.97. The molecule has 1 aliphatic carbocycles. The zero-order valence-corrected chi connectivity index (χ0v) is 15.2. The van der Waals surface area contributed by atoms with Crippen molar-refractivity contribution in [3.05, 3.63) is 24.3 Å². The van der Waals surface area contributed by atoms with Crippen molar-refractivity contribution in [3.63, 3.8) is 0 Å². The third-order valence-corrected chi connectivity index (χ3v) is 4.88. The fraction of sp³-hybridized carbons (Fsp3) is 0.650. The number of carbonyl (C=O) groups is 3. The fourth-order valence-electron chi connectivity index (χ4n) is 3.65. The van der Waals surface area contributed by atoms with E-state index in [1.54, 1.807) is 12.2 Å². The molecule has 0 aromatic carbocycles. The monoisotopic (exact) mass is 348 g/mol. The quantitative estimate of drug-likeness (QED) is 0.361. The van der Waals surface area contributed by atoms with Gasteiger partial charge in [-0.3, -0.25) is 14.4 Å². The Bertz CT molecular complexity index is 562. The topological polar surface area (TPSA) is 69.7 Å². The van der Waals surface area contributed by atoms with Crippen LogP contribution in [0.1, 0.15) is 65.2 Å². The highest BCUT2D eigenvalue weighted by atomic mass is 16.6. The normalized spacial score (nSPS) is 28.7. The molecule has 138 valence electrons. The van der Waals surface area contributed by atoms with Crippen LogP contribution in [0.25, 0.3) is 0 Å². The average molecular weight is 348 g/mol. The van der Waals surface area contributed by atoms with Gasteiger partial charge in [0.1, 0.15) is 11.7 Å². The molecule has 0 N–H and O–H groups in total. The van der Waals surface area contributed by atoms with E-state index >= 15 is 0 Å². The van der Waals surface area contributed by atoms with E-state index in [4.69, 9.17) is 9.47 Å². The number of rotatable bonds is 9. The number of carbonyl (C=O) groups excluding carboxylic acids is 3. The molecule has 0 spiro atoms. The first-order valence-electron chi connectivity index (χ1n) is 9.24. The van der Waals surface area contributed by atoms with Crippen LogP contribution in [0, 0.1) is 5.92 Å². The molecule has 5 heteroatoms. The Morgan fingerprint density at radius 1 is 1.36 bits per heavy atom. The summed E-state index contributed by atoms with van der Waals surface area (Å²) in [6.45, 7) is 3.43. The lowest BCUT2D eigenvalue weighted by Crippen LogP contribution is -2.40. The van der Waals surface area contributed by atoms with Gasteiger partial charge < -0.3 is 9.47 Å². The first-order valence-corrected chi connectivity index (χ1v) is 9.24. The van der Waals surface area contributed by atoms with Gasteiger partial charge in [-0.25, -0.2) is 0 Å². The molecule has 1 heterocycles. The van der Waals surface area contributed by atoms with E-state index in [0.29, 0.717) is 19.3 Å². The van der Waals surface area contributed by atoms with Crippen molar-refractivity contribution in [3.8, 4) is 0 Å². The lowest BCUT2D eigenvalue weighted by molar-refractivity contribution is -0.158. The highest BCUT2D eigenvalue weighted by Gasteiger charge is 2.46. The molecule has 5 nitrogen and oxygen atoms in total. The molecule has 0 bridgehead atoms. The zero-order valence-electron chi connectivity index (χ0n) is 15.2. The van der Waals surface area contributed by atoms with Gasteiger partial charge >= 0.3 is 11.9 Å². The summed E-state index contributed by atoms with van der Waals surface area (Å²) < 4.78 is 10.9. The van der Waals surface area contributed by atoms with Crippen molar-refractivity contribution < 1.29 is 23.9 Å². The Morgan fingerprint density at radius 3 is 2.80 bits per heavy atom. The summed E-state index contributed by atoms with van der Waals surface area (Å²) in [7, 11) is 0. The van der Waals surface area contributed by atoms with E-state index in [2.05, 4.69) is 0 Å². The molecule has 0 aromatic heterocycles. The first kappa shape index (κ1) is 19.4. The molecule has 1 fully saturated rings.